The Labute approximate surface area is 163 Å². The van der Waals surface area contributed by atoms with Crippen LogP contribution in [0.15, 0.2) is 67.4 Å². The van der Waals surface area contributed by atoms with Crippen LogP contribution in [0.4, 0.5) is 0 Å². The first kappa shape index (κ1) is 16.9. The highest BCUT2D eigenvalue weighted by molar-refractivity contribution is 5.39. The molecule has 0 aliphatic carbocycles. The van der Waals surface area contributed by atoms with Crippen molar-refractivity contribution in [3.05, 3.63) is 95.6 Å². The van der Waals surface area contributed by atoms with Gasteiger partial charge in [0.25, 0.3) is 0 Å². The van der Waals surface area contributed by atoms with Gasteiger partial charge >= 0.3 is 0 Å². The number of rotatable bonds is 4. The fraction of sp³-hybridized carbons (Fsp3) is 0.227. The number of para-hydroxylation sites is 1. The molecular weight excluding hydrogens is 348 g/mol. The number of nitrogens with one attached hydrogen (secondary N) is 1. The molecule has 0 bridgehead atoms. The summed E-state index contributed by atoms with van der Waals surface area (Å²) >= 11 is 0. The molecule has 6 nitrogen and oxygen atoms in total. The van der Waals surface area contributed by atoms with Crippen molar-refractivity contribution in [2.75, 3.05) is 6.54 Å². The normalized spacial score (nSPS) is 16.8. The maximum absolute atomic E-state index is 4.62. The molecule has 28 heavy (non-hydrogen) atoms. The Bertz CT molecular complexity index is 1080. The number of aromatic amines is 1. The summed E-state index contributed by atoms with van der Waals surface area (Å²) < 4.78 is 1.96. The summed E-state index contributed by atoms with van der Waals surface area (Å²) in [7, 11) is 0. The summed E-state index contributed by atoms with van der Waals surface area (Å²) in [6.07, 6.45) is 8.69. The molecule has 1 atom stereocenters. The molecule has 0 radical (unpaired) electrons. The number of hydrogen-bond donors (Lipinski definition) is 1. The van der Waals surface area contributed by atoms with Crippen LogP contribution in [0, 0.1) is 6.92 Å². The first-order chi connectivity index (χ1) is 13.8. The van der Waals surface area contributed by atoms with Crippen molar-refractivity contribution in [1.29, 1.82) is 0 Å². The molecule has 6 heteroatoms. The van der Waals surface area contributed by atoms with Crippen molar-refractivity contribution in [1.82, 2.24) is 29.6 Å². The molecule has 0 fully saturated rings. The molecule has 1 aliphatic heterocycles. The van der Waals surface area contributed by atoms with Crippen molar-refractivity contribution in [2.45, 2.75) is 25.9 Å². The highest BCUT2D eigenvalue weighted by atomic mass is 15.3. The average Bonchev–Trinajstić information content (AvgIpc) is 3.38. The maximum atomic E-state index is 4.62. The summed E-state index contributed by atoms with van der Waals surface area (Å²) in [5.41, 5.74) is 6.83. The van der Waals surface area contributed by atoms with Crippen LogP contribution in [0.1, 0.15) is 34.3 Å². The lowest BCUT2D eigenvalue weighted by Crippen LogP contribution is -2.36. The van der Waals surface area contributed by atoms with Crippen LogP contribution >= 0.6 is 0 Å². The second kappa shape index (κ2) is 7.05. The van der Waals surface area contributed by atoms with Crippen LogP contribution in [0.5, 0.6) is 0 Å². The molecule has 0 amide bonds. The third kappa shape index (κ3) is 3.01. The minimum absolute atomic E-state index is 0.0537. The Kier molecular flexibility index (Phi) is 4.25. The van der Waals surface area contributed by atoms with Gasteiger partial charge in [0.05, 0.1) is 35.6 Å². The topological polar surface area (TPSA) is 62.6 Å². The van der Waals surface area contributed by atoms with E-state index in [1.54, 1.807) is 6.33 Å². The summed E-state index contributed by atoms with van der Waals surface area (Å²) in [5.74, 6) is 0. The fourth-order valence-corrected chi connectivity index (χ4v) is 3.99. The van der Waals surface area contributed by atoms with Gasteiger partial charge in [0, 0.05) is 43.2 Å². The monoisotopic (exact) mass is 370 g/mol. The number of hydrogen-bond acceptors (Lipinski definition) is 4. The van der Waals surface area contributed by atoms with Gasteiger partial charge in [-0.05, 0) is 30.7 Å². The molecule has 5 rings (SSSR count). The Morgan fingerprint density at radius 3 is 2.86 bits per heavy atom. The zero-order chi connectivity index (χ0) is 18.9. The standard InChI is InChI=1S/C22H22N6/c1-16-6-2-3-8-20(16)28-14-17(12-26-28)13-27-11-9-18-21(25-15-24-18)22(27)19-7-4-5-10-23-19/h2-8,10,12,14-15,22H,9,11,13H2,1H3,(H,24,25). The lowest BCUT2D eigenvalue weighted by Gasteiger charge is -2.34. The van der Waals surface area contributed by atoms with Crippen molar-refractivity contribution in [2.24, 2.45) is 0 Å². The largest absolute Gasteiger partial charge is 0.348 e. The number of aromatic nitrogens is 5. The Morgan fingerprint density at radius 2 is 2.00 bits per heavy atom. The molecule has 0 saturated carbocycles. The van der Waals surface area contributed by atoms with Crippen LogP contribution < -0.4 is 0 Å². The Balaban J connectivity index is 1.45. The van der Waals surface area contributed by atoms with E-state index < -0.39 is 0 Å². The van der Waals surface area contributed by atoms with Crippen molar-refractivity contribution < 1.29 is 0 Å². The minimum atomic E-state index is 0.0537. The number of aryl methyl sites for hydroxylation is 1. The first-order valence-corrected chi connectivity index (χ1v) is 9.56. The van der Waals surface area contributed by atoms with Gasteiger partial charge in [-0.1, -0.05) is 24.3 Å². The van der Waals surface area contributed by atoms with E-state index in [0.717, 1.165) is 36.6 Å². The molecule has 1 aromatic carbocycles. The van der Waals surface area contributed by atoms with Crippen molar-refractivity contribution >= 4 is 0 Å². The van der Waals surface area contributed by atoms with Crippen LogP contribution in [0.25, 0.3) is 5.69 Å². The van der Waals surface area contributed by atoms with Gasteiger partial charge in [0.15, 0.2) is 0 Å². The summed E-state index contributed by atoms with van der Waals surface area (Å²) in [5, 5.41) is 4.60. The summed E-state index contributed by atoms with van der Waals surface area (Å²) in [4.78, 5) is 15.0. The molecule has 1 N–H and O–H groups in total. The number of H-pyrrole nitrogens is 1. The van der Waals surface area contributed by atoms with Gasteiger partial charge in [-0.3, -0.25) is 9.88 Å². The first-order valence-electron chi connectivity index (χ1n) is 9.56. The van der Waals surface area contributed by atoms with E-state index in [4.69, 9.17) is 0 Å². The quantitative estimate of drug-likeness (QED) is 0.598. The highest BCUT2D eigenvalue weighted by Crippen LogP contribution is 2.33. The maximum Gasteiger partial charge on any atom is 0.0971 e. The third-order valence-electron chi connectivity index (χ3n) is 5.38. The number of nitrogens with zero attached hydrogens (tertiary/aromatic N) is 5. The molecule has 140 valence electrons. The summed E-state index contributed by atoms with van der Waals surface area (Å²) in [6, 6.07) is 14.4. The SMILES string of the molecule is Cc1ccccc1-n1cc(CN2CCc3[nH]cnc3C2c2ccccn2)cn1. The molecule has 3 aromatic heterocycles. The van der Waals surface area contributed by atoms with Gasteiger partial charge in [-0.25, -0.2) is 9.67 Å². The lowest BCUT2D eigenvalue weighted by molar-refractivity contribution is 0.197. The van der Waals surface area contributed by atoms with E-state index in [-0.39, 0.29) is 6.04 Å². The fourth-order valence-electron chi connectivity index (χ4n) is 3.99. The number of benzene rings is 1. The van der Waals surface area contributed by atoms with Crippen LogP contribution in [0.3, 0.4) is 0 Å². The molecule has 1 unspecified atom stereocenters. The van der Waals surface area contributed by atoms with Crippen LogP contribution in [0.2, 0.25) is 0 Å². The van der Waals surface area contributed by atoms with Gasteiger partial charge in [-0.2, -0.15) is 5.10 Å². The molecular formula is C22H22N6. The molecule has 4 aromatic rings. The predicted molar refractivity (Wildman–Crippen MR) is 107 cm³/mol. The molecule has 1 aliphatic rings. The van der Waals surface area contributed by atoms with E-state index in [2.05, 4.69) is 62.3 Å². The second-order valence-corrected chi connectivity index (χ2v) is 7.22. The van der Waals surface area contributed by atoms with Gasteiger partial charge < -0.3 is 4.98 Å². The zero-order valence-electron chi connectivity index (χ0n) is 15.8. The van der Waals surface area contributed by atoms with Crippen LogP contribution in [-0.2, 0) is 13.0 Å². The molecule has 0 saturated heterocycles. The lowest BCUT2D eigenvalue weighted by atomic mass is 9.99. The molecule has 4 heterocycles. The van der Waals surface area contributed by atoms with Gasteiger partial charge in [0.1, 0.15) is 0 Å². The smallest absolute Gasteiger partial charge is 0.0971 e. The summed E-state index contributed by atoms with van der Waals surface area (Å²) in [6.45, 7) is 3.86. The third-order valence-corrected chi connectivity index (χ3v) is 5.38. The second-order valence-electron chi connectivity index (χ2n) is 7.22. The van der Waals surface area contributed by atoms with Gasteiger partial charge in [0.2, 0.25) is 0 Å². The zero-order valence-corrected chi connectivity index (χ0v) is 15.8. The van der Waals surface area contributed by atoms with E-state index in [0.29, 0.717) is 0 Å². The van der Waals surface area contributed by atoms with Crippen molar-refractivity contribution in [3.8, 4) is 5.69 Å². The van der Waals surface area contributed by atoms with E-state index >= 15 is 0 Å². The molecule has 0 spiro atoms. The number of fused-ring (bicyclic) bond motifs is 1. The Hall–Kier alpha value is -3.25. The van der Waals surface area contributed by atoms with Crippen LogP contribution in [-0.4, -0.2) is 36.2 Å². The van der Waals surface area contributed by atoms with Gasteiger partial charge in [-0.15, -0.1) is 0 Å². The van der Waals surface area contributed by atoms with E-state index in [1.807, 2.05) is 35.3 Å². The van der Waals surface area contributed by atoms with Crippen molar-refractivity contribution in [3.63, 3.8) is 0 Å². The number of imidazole rings is 1. The van der Waals surface area contributed by atoms with E-state index in [1.165, 1.54) is 16.8 Å². The predicted octanol–water partition coefficient (Wildman–Crippen LogP) is 3.45. The van der Waals surface area contributed by atoms with E-state index in [9.17, 15) is 0 Å². The minimum Gasteiger partial charge on any atom is -0.348 e. The number of pyridine rings is 1. The Morgan fingerprint density at radius 1 is 1.11 bits per heavy atom. The highest BCUT2D eigenvalue weighted by Gasteiger charge is 2.32. The average molecular weight is 370 g/mol.